The first-order valence-electron chi connectivity index (χ1n) is 5.90. The first-order valence-corrected chi connectivity index (χ1v) is 5.90. The highest BCUT2D eigenvalue weighted by Gasteiger charge is 2.14. The van der Waals surface area contributed by atoms with Crippen LogP contribution in [0, 0.1) is 0 Å². The standard InChI is InChI=1S/C12H15N5O2/c1-2-14-10(18)6-15-12(19)11-8-5-7(13)3-4-9(8)16-17-11/h3-5H,2,6,13H2,1H3,(H,14,18)(H,15,19)(H,16,17). The Morgan fingerprint density at radius 2 is 2.16 bits per heavy atom. The van der Waals surface area contributed by atoms with Crippen molar-refractivity contribution in [1.29, 1.82) is 0 Å². The highest BCUT2D eigenvalue weighted by atomic mass is 16.2. The third kappa shape index (κ3) is 2.82. The fourth-order valence-corrected chi connectivity index (χ4v) is 1.71. The molecule has 0 bridgehead atoms. The van der Waals surface area contributed by atoms with Crippen LogP contribution in [-0.2, 0) is 4.79 Å². The molecule has 0 aliphatic carbocycles. The monoisotopic (exact) mass is 261 g/mol. The van der Waals surface area contributed by atoms with Crippen LogP contribution >= 0.6 is 0 Å². The predicted octanol–water partition coefficient (Wildman–Crippen LogP) is 0.0110. The molecule has 5 N–H and O–H groups in total. The van der Waals surface area contributed by atoms with E-state index in [1.54, 1.807) is 18.2 Å². The van der Waals surface area contributed by atoms with E-state index in [1.165, 1.54) is 0 Å². The summed E-state index contributed by atoms with van der Waals surface area (Å²) in [5.41, 5.74) is 7.17. The lowest BCUT2D eigenvalue weighted by Gasteiger charge is -2.03. The zero-order chi connectivity index (χ0) is 13.8. The molecule has 0 spiro atoms. The van der Waals surface area contributed by atoms with E-state index in [2.05, 4.69) is 20.8 Å². The fourth-order valence-electron chi connectivity index (χ4n) is 1.71. The molecule has 0 aliphatic rings. The number of rotatable bonds is 4. The Labute approximate surface area is 109 Å². The summed E-state index contributed by atoms with van der Waals surface area (Å²) >= 11 is 0. The number of H-pyrrole nitrogens is 1. The Hall–Kier alpha value is -2.57. The van der Waals surface area contributed by atoms with E-state index < -0.39 is 5.91 Å². The molecule has 0 atom stereocenters. The number of hydrogen-bond acceptors (Lipinski definition) is 4. The second kappa shape index (κ2) is 5.38. The van der Waals surface area contributed by atoms with Gasteiger partial charge in [0, 0.05) is 17.6 Å². The molecular formula is C12H15N5O2. The first-order chi connectivity index (χ1) is 9.11. The van der Waals surface area contributed by atoms with Gasteiger partial charge >= 0.3 is 0 Å². The lowest BCUT2D eigenvalue weighted by molar-refractivity contribution is -0.120. The predicted molar refractivity (Wildman–Crippen MR) is 71.5 cm³/mol. The lowest BCUT2D eigenvalue weighted by Crippen LogP contribution is -2.36. The third-order valence-electron chi connectivity index (χ3n) is 2.59. The molecule has 1 heterocycles. The van der Waals surface area contributed by atoms with Crippen molar-refractivity contribution in [2.45, 2.75) is 6.92 Å². The van der Waals surface area contributed by atoms with E-state index in [1.807, 2.05) is 6.92 Å². The number of likely N-dealkylation sites (N-methyl/N-ethyl adjacent to an activating group) is 1. The molecule has 0 saturated heterocycles. The molecule has 2 rings (SSSR count). The number of carbonyl (C=O) groups excluding carboxylic acids is 2. The summed E-state index contributed by atoms with van der Waals surface area (Å²) in [6.45, 7) is 2.25. The second-order valence-electron chi connectivity index (χ2n) is 4.01. The van der Waals surface area contributed by atoms with Crippen molar-refractivity contribution < 1.29 is 9.59 Å². The third-order valence-corrected chi connectivity index (χ3v) is 2.59. The highest BCUT2D eigenvalue weighted by molar-refractivity contribution is 6.06. The zero-order valence-corrected chi connectivity index (χ0v) is 10.5. The van der Waals surface area contributed by atoms with Crippen LogP contribution in [0.25, 0.3) is 10.9 Å². The molecule has 0 aliphatic heterocycles. The molecule has 2 aromatic rings. The topological polar surface area (TPSA) is 113 Å². The zero-order valence-electron chi connectivity index (χ0n) is 10.5. The number of nitrogen functional groups attached to an aromatic ring is 1. The van der Waals surface area contributed by atoms with Crippen LogP contribution in [0.3, 0.4) is 0 Å². The van der Waals surface area contributed by atoms with Gasteiger partial charge < -0.3 is 16.4 Å². The van der Waals surface area contributed by atoms with E-state index in [0.29, 0.717) is 17.6 Å². The van der Waals surface area contributed by atoms with E-state index >= 15 is 0 Å². The summed E-state index contributed by atoms with van der Waals surface area (Å²) in [5.74, 6) is -0.654. The molecule has 0 unspecified atom stereocenters. The summed E-state index contributed by atoms with van der Waals surface area (Å²) in [6, 6.07) is 5.13. The summed E-state index contributed by atoms with van der Waals surface area (Å²) in [5, 5.41) is 12.4. The molecule has 7 heteroatoms. The number of amides is 2. The van der Waals surface area contributed by atoms with Crippen molar-refractivity contribution in [1.82, 2.24) is 20.8 Å². The van der Waals surface area contributed by atoms with Crippen LogP contribution in [0.1, 0.15) is 17.4 Å². The van der Waals surface area contributed by atoms with Gasteiger partial charge in [-0.1, -0.05) is 0 Å². The van der Waals surface area contributed by atoms with Gasteiger partial charge in [0.1, 0.15) is 0 Å². The minimum absolute atomic E-state index is 0.0800. The van der Waals surface area contributed by atoms with Crippen LogP contribution < -0.4 is 16.4 Å². The molecule has 19 heavy (non-hydrogen) atoms. The number of nitrogens with zero attached hydrogens (tertiary/aromatic N) is 1. The van der Waals surface area contributed by atoms with Gasteiger partial charge in [0.15, 0.2) is 5.69 Å². The number of benzene rings is 1. The molecule has 0 fully saturated rings. The van der Waals surface area contributed by atoms with Crippen molar-refractivity contribution in [2.75, 3.05) is 18.8 Å². The summed E-state index contributed by atoms with van der Waals surface area (Å²) in [7, 11) is 0. The molecular weight excluding hydrogens is 246 g/mol. The Kier molecular flexibility index (Phi) is 3.65. The summed E-state index contributed by atoms with van der Waals surface area (Å²) in [4.78, 5) is 23.2. The molecule has 2 amide bonds. The number of aromatic nitrogens is 2. The van der Waals surface area contributed by atoms with Crippen molar-refractivity contribution in [3.8, 4) is 0 Å². The van der Waals surface area contributed by atoms with Gasteiger partial charge in [-0.25, -0.2) is 0 Å². The van der Waals surface area contributed by atoms with Gasteiger partial charge in [-0.05, 0) is 25.1 Å². The number of nitrogens with one attached hydrogen (secondary N) is 3. The van der Waals surface area contributed by atoms with Gasteiger partial charge in [0.2, 0.25) is 5.91 Å². The maximum atomic E-state index is 11.9. The van der Waals surface area contributed by atoms with E-state index in [4.69, 9.17) is 5.73 Å². The van der Waals surface area contributed by atoms with Gasteiger partial charge in [-0.2, -0.15) is 5.10 Å². The van der Waals surface area contributed by atoms with E-state index in [9.17, 15) is 9.59 Å². The van der Waals surface area contributed by atoms with Crippen molar-refractivity contribution in [3.05, 3.63) is 23.9 Å². The highest BCUT2D eigenvalue weighted by Crippen LogP contribution is 2.18. The number of anilines is 1. The normalized spacial score (nSPS) is 10.4. The van der Waals surface area contributed by atoms with E-state index in [-0.39, 0.29) is 18.1 Å². The maximum Gasteiger partial charge on any atom is 0.272 e. The number of aromatic amines is 1. The molecule has 0 radical (unpaired) electrons. The Balaban J connectivity index is 2.13. The fraction of sp³-hybridized carbons (Fsp3) is 0.250. The van der Waals surface area contributed by atoms with E-state index in [0.717, 1.165) is 5.52 Å². The van der Waals surface area contributed by atoms with Gasteiger partial charge in [-0.15, -0.1) is 0 Å². The quantitative estimate of drug-likeness (QED) is 0.581. The average Bonchev–Trinajstić information content (AvgIpc) is 2.79. The smallest absolute Gasteiger partial charge is 0.272 e. The Bertz CT molecular complexity index is 620. The minimum Gasteiger partial charge on any atom is -0.399 e. The lowest BCUT2D eigenvalue weighted by atomic mass is 10.2. The Morgan fingerprint density at radius 3 is 2.89 bits per heavy atom. The second-order valence-corrected chi connectivity index (χ2v) is 4.01. The molecule has 1 aromatic heterocycles. The average molecular weight is 261 g/mol. The minimum atomic E-state index is -0.414. The number of carbonyl (C=O) groups is 2. The van der Waals surface area contributed by atoms with Crippen molar-refractivity contribution in [3.63, 3.8) is 0 Å². The number of nitrogens with two attached hydrogens (primary N) is 1. The summed E-state index contributed by atoms with van der Waals surface area (Å²) < 4.78 is 0. The maximum absolute atomic E-state index is 11.9. The van der Waals surface area contributed by atoms with Crippen molar-refractivity contribution >= 4 is 28.4 Å². The van der Waals surface area contributed by atoms with Crippen LogP contribution in [-0.4, -0.2) is 35.1 Å². The van der Waals surface area contributed by atoms with Crippen LogP contribution in [0.4, 0.5) is 5.69 Å². The summed E-state index contributed by atoms with van der Waals surface area (Å²) in [6.07, 6.45) is 0. The van der Waals surface area contributed by atoms with Gasteiger partial charge in [0.25, 0.3) is 5.91 Å². The largest absolute Gasteiger partial charge is 0.399 e. The molecule has 7 nitrogen and oxygen atoms in total. The number of hydrogen-bond donors (Lipinski definition) is 4. The molecule has 100 valence electrons. The van der Waals surface area contributed by atoms with Gasteiger partial charge in [0.05, 0.1) is 12.1 Å². The van der Waals surface area contributed by atoms with Crippen LogP contribution in [0.15, 0.2) is 18.2 Å². The van der Waals surface area contributed by atoms with Crippen molar-refractivity contribution in [2.24, 2.45) is 0 Å². The van der Waals surface area contributed by atoms with Crippen LogP contribution in [0.2, 0.25) is 0 Å². The molecule has 1 aromatic carbocycles. The SMILES string of the molecule is CCNC(=O)CNC(=O)c1n[nH]c2ccc(N)cc12. The Morgan fingerprint density at radius 1 is 1.37 bits per heavy atom. The van der Waals surface area contributed by atoms with Gasteiger partial charge in [-0.3, -0.25) is 14.7 Å². The first kappa shape index (κ1) is 12.9. The number of fused-ring (bicyclic) bond motifs is 1. The molecule has 0 saturated carbocycles. The van der Waals surface area contributed by atoms with Crippen LogP contribution in [0.5, 0.6) is 0 Å².